The molecular formula is C20H29N7O2. The second kappa shape index (κ2) is 7.87. The van der Waals surface area contributed by atoms with Gasteiger partial charge in [-0.15, -0.1) is 0 Å². The van der Waals surface area contributed by atoms with Crippen LogP contribution in [0.3, 0.4) is 0 Å². The van der Waals surface area contributed by atoms with Gasteiger partial charge >= 0.3 is 0 Å². The molecule has 0 spiro atoms. The second-order valence-electron chi connectivity index (χ2n) is 8.38. The van der Waals surface area contributed by atoms with Crippen molar-refractivity contribution in [3.05, 3.63) is 24.4 Å². The third-order valence-corrected chi connectivity index (χ3v) is 6.62. The average molecular weight is 399 g/mol. The molecule has 0 bridgehead atoms. The first kappa shape index (κ1) is 18.7. The standard InChI is InChI=1S/C20H29N7O2/c1-2-16-9-19(24-20(23-16)25-3-5-29-6-4-25)26-10-14-7-17(27-13-21-12-22-27)18(28)8-15(14)11-26/h9,12-15,17-18,28H,2-8,10-11H2,1H3/t14-,15+,17-,18-/m1/s1. The molecule has 1 saturated carbocycles. The minimum Gasteiger partial charge on any atom is -0.391 e. The summed E-state index contributed by atoms with van der Waals surface area (Å²) < 4.78 is 7.30. The first-order valence-corrected chi connectivity index (χ1v) is 10.7. The van der Waals surface area contributed by atoms with Gasteiger partial charge in [0.1, 0.15) is 18.5 Å². The second-order valence-corrected chi connectivity index (χ2v) is 8.38. The molecule has 0 aromatic carbocycles. The van der Waals surface area contributed by atoms with Gasteiger partial charge in [0.05, 0.1) is 25.4 Å². The number of aryl methyl sites for hydroxylation is 1. The van der Waals surface area contributed by atoms with Crippen LogP contribution in [0.5, 0.6) is 0 Å². The molecule has 9 nitrogen and oxygen atoms in total. The highest BCUT2D eigenvalue weighted by Gasteiger charge is 2.43. The van der Waals surface area contributed by atoms with Crippen LogP contribution in [-0.4, -0.2) is 75.3 Å². The normalized spacial score (nSPS) is 29.9. The Labute approximate surface area is 170 Å². The third kappa shape index (κ3) is 3.69. The van der Waals surface area contributed by atoms with Crippen molar-refractivity contribution in [2.75, 3.05) is 49.2 Å². The lowest BCUT2D eigenvalue weighted by Gasteiger charge is -2.34. The zero-order chi connectivity index (χ0) is 19.8. The smallest absolute Gasteiger partial charge is 0.227 e. The number of anilines is 2. The van der Waals surface area contributed by atoms with E-state index in [2.05, 4.69) is 32.9 Å². The van der Waals surface area contributed by atoms with Gasteiger partial charge in [-0.25, -0.2) is 14.6 Å². The van der Waals surface area contributed by atoms with Crippen molar-refractivity contribution in [2.24, 2.45) is 11.8 Å². The van der Waals surface area contributed by atoms with Crippen LogP contribution in [0.1, 0.15) is 31.5 Å². The van der Waals surface area contributed by atoms with E-state index in [1.54, 1.807) is 12.7 Å². The molecule has 2 aromatic heterocycles. The van der Waals surface area contributed by atoms with E-state index in [-0.39, 0.29) is 12.1 Å². The molecule has 9 heteroatoms. The zero-order valence-electron chi connectivity index (χ0n) is 16.9. The number of rotatable bonds is 4. The van der Waals surface area contributed by atoms with Crippen molar-refractivity contribution in [1.29, 1.82) is 0 Å². The molecule has 3 fully saturated rings. The number of hydrogen-bond donors (Lipinski definition) is 1. The Morgan fingerprint density at radius 1 is 1.10 bits per heavy atom. The topological polar surface area (TPSA) is 92.4 Å². The Morgan fingerprint density at radius 2 is 1.90 bits per heavy atom. The summed E-state index contributed by atoms with van der Waals surface area (Å²) in [5.74, 6) is 2.84. The van der Waals surface area contributed by atoms with Gasteiger partial charge < -0.3 is 19.6 Å². The van der Waals surface area contributed by atoms with E-state index < -0.39 is 0 Å². The van der Waals surface area contributed by atoms with Crippen molar-refractivity contribution in [3.63, 3.8) is 0 Å². The highest BCUT2D eigenvalue weighted by molar-refractivity contribution is 5.47. The van der Waals surface area contributed by atoms with E-state index in [0.717, 1.165) is 76.1 Å². The number of hydrogen-bond acceptors (Lipinski definition) is 8. The van der Waals surface area contributed by atoms with Crippen molar-refractivity contribution < 1.29 is 9.84 Å². The zero-order valence-corrected chi connectivity index (χ0v) is 16.9. The highest BCUT2D eigenvalue weighted by atomic mass is 16.5. The van der Waals surface area contributed by atoms with Gasteiger partial charge in [0, 0.05) is 37.9 Å². The van der Waals surface area contributed by atoms with E-state index in [9.17, 15) is 5.11 Å². The van der Waals surface area contributed by atoms with Crippen LogP contribution in [0.2, 0.25) is 0 Å². The predicted octanol–water partition coefficient (Wildman–Crippen LogP) is 0.915. The average Bonchev–Trinajstić information content (AvgIpc) is 3.43. The Kier molecular flexibility index (Phi) is 5.09. The number of morpholine rings is 1. The number of aliphatic hydroxyl groups is 1. The number of aliphatic hydroxyl groups excluding tert-OH is 1. The van der Waals surface area contributed by atoms with E-state index in [1.807, 2.05) is 4.68 Å². The molecule has 3 aliphatic rings. The van der Waals surface area contributed by atoms with Crippen molar-refractivity contribution >= 4 is 11.8 Å². The maximum Gasteiger partial charge on any atom is 0.227 e. The van der Waals surface area contributed by atoms with E-state index >= 15 is 0 Å². The van der Waals surface area contributed by atoms with Crippen LogP contribution in [0.4, 0.5) is 11.8 Å². The minimum atomic E-state index is -0.376. The highest BCUT2D eigenvalue weighted by Crippen LogP contribution is 2.42. The lowest BCUT2D eigenvalue weighted by molar-refractivity contribution is 0.0305. The van der Waals surface area contributed by atoms with Crippen molar-refractivity contribution in [2.45, 2.75) is 38.3 Å². The molecule has 1 N–H and O–H groups in total. The third-order valence-electron chi connectivity index (χ3n) is 6.62. The van der Waals surface area contributed by atoms with Crippen LogP contribution >= 0.6 is 0 Å². The molecule has 0 unspecified atom stereocenters. The monoisotopic (exact) mass is 399 g/mol. The largest absolute Gasteiger partial charge is 0.391 e. The van der Waals surface area contributed by atoms with Gasteiger partial charge in [-0.1, -0.05) is 6.92 Å². The molecule has 29 heavy (non-hydrogen) atoms. The molecular weight excluding hydrogens is 370 g/mol. The molecule has 2 aromatic rings. The quantitative estimate of drug-likeness (QED) is 0.811. The number of ether oxygens (including phenoxy) is 1. The maximum absolute atomic E-state index is 10.7. The Balaban J connectivity index is 1.35. The molecule has 4 heterocycles. The summed E-state index contributed by atoms with van der Waals surface area (Å²) in [4.78, 5) is 18.4. The van der Waals surface area contributed by atoms with Crippen LogP contribution in [0.25, 0.3) is 0 Å². The van der Waals surface area contributed by atoms with Gasteiger partial charge in [0.25, 0.3) is 0 Å². The fourth-order valence-corrected chi connectivity index (χ4v) is 4.98. The minimum absolute atomic E-state index is 0.0132. The fourth-order valence-electron chi connectivity index (χ4n) is 4.98. The summed E-state index contributed by atoms with van der Waals surface area (Å²) in [7, 11) is 0. The molecule has 4 atom stereocenters. The molecule has 5 rings (SSSR count). The van der Waals surface area contributed by atoms with Crippen LogP contribution in [0, 0.1) is 11.8 Å². The van der Waals surface area contributed by atoms with E-state index in [4.69, 9.17) is 14.7 Å². The van der Waals surface area contributed by atoms with Crippen molar-refractivity contribution in [3.8, 4) is 0 Å². The lowest BCUT2D eigenvalue weighted by Crippen LogP contribution is -2.37. The molecule has 156 valence electrons. The molecule has 2 aliphatic heterocycles. The van der Waals surface area contributed by atoms with Crippen molar-refractivity contribution in [1.82, 2.24) is 24.7 Å². The first-order valence-electron chi connectivity index (χ1n) is 10.7. The molecule has 0 amide bonds. The van der Waals surface area contributed by atoms with Gasteiger partial charge in [0.15, 0.2) is 0 Å². The number of aromatic nitrogens is 5. The SMILES string of the molecule is CCc1cc(N2C[C@H]3C[C@@H](n4cncn4)[C@H](O)C[C@H]3C2)nc(N2CCOCC2)n1. The summed E-state index contributed by atoms with van der Waals surface area (Å²) in [6.07, 6.45) is 5.49. The summed E-state index contributed by atoms with van der Waals surface area (Å²) in [5.41, 5.74) is 1.08. The molecule has 0 radical (unpaired) electrons. The summed E-state index contributed by atoms with van der Waals surface area (Å²) in [6.45, 7) is 7.17. The predicted molar refractivity (Wildman–Crippen MR) is 108 cm³/mol. The van der Waals surface area contributed by atoms with Gasteiger partial charge in [-0.3, -0.25) is 0 Å². The fraction of sp³-hybridized carbons (Fsp3) is 0.700. The number of fused-ring (bicyclic) bond motifs is 1. The van der Waals surface area contributed by atoms with Crippen LogP contribution < -0.4 is 9.80 Å². The maximum atomic E-state index is 10.7. The summed E-state index contributed by atoms with van der Waals surface area (Å²) in [5, 5.41) is 15.0. The summed E-state index contributed by atoms with van der Waals surface area (Å²) in [6, 6.07) is 2.14. The Morgan fingerprint density at radius 3 is 2.62 bits per heavy atom. The van der Waals surface area contributed by atoms with E-state index in [1.165, 1.54) is 0 Å². The molecule has 1 aliphatic carbocycles. The Bertz CT molecular complexity index is 824. The van der Waals surface area contributed by atoms with E-state index in [0.29, 0.717) is 11.8 Å². The summed E-state index contributed by atoms with van der Waals surface area (Å²) >= 11 is 0. The Hall–Kier alpha value is -2.26. The van der Waals surface area contributed by atoms with Gasteiger partial charge in [-0.2, -0.15) is 10.1 Å². The first-order chi connectivity index (χ1) is 14.2. The van der Waals surface area contributed by atoms with Gasteiger partial charge in [0.2, 0.25) is 5.95 Å². The molecule has 2 saturated heterocycles. The van der Waals surface area contributed by atoms with Crippen LogP contribution in [-0.2, 0) is 11.2 Å². The lowest BCUT2D eigenvalue weighted by atomic mass is 9.77. The van der Waals surface area contributed by atoms with Crippen LogP contribution in [0.15, 0.2) is 18.7 Å². The number of nitrogens with zero attached hydrogens (tertiary/aromatic N) is 7. The van der Waals surface area contributed by atoms with Gasteiger partial charge in [-0.05, 0) is 31.1 Å².